The van der Waals surface area contributed by atoms with E-state index in [4.69, 9.17) is 92.1 Å². The zero-order chi connectivity index (χ0) is 82.7. The number of hydrogen-bond acceptors (Lipinski definition) is 22. The van der Waals surface area contributed by atoms with Crippen molar-refractivity contribution < 1.29 is 152 Å². The van der Waals surface area contributed by atoms with Crippen molar-refractivity contribution in [1.82, 2.24) is 0 Å². The fraction of sp³-hybridized carbons (Fsp3) is 0.535. The van der Waals surface area contributed by atoms with Gasteiger partial charge in [0.2, 0.25) is 6.29 Å². The third-order valence-corrected chi connectivity index (χ3v) is 20.4. The number of quaternary nitrogens is 4. The van der Waals surface area contributed by atoms with Crippen LogP contribution in [0, 0.1) is 0 Å². The summed E-state index contributed by atoms with van der Waals surface area (Å²) in [5.74, 6) is 6.68. The summed E-state index contributed by atoms with van der Waals surface area (Å²) in [7, 11) is 23.6. The fourth-order valence-corrected chi connectivity index (χ4v) is 15.5. The third-order valence-electron chi connectivity index (χ3n) is 20.3. The van der Waals surface area contributed by atoms with E-state index < -0.39 is 48.3 Å². The zero-order valence-corrected chi connectivity index (χ0v) is 77.8. The van der Waals surface area contributed by atoms with Crippen LogP contribution >= 0.6 is 45.6 Å². The molecule has 2 saturated heterocycles. The summed E-state index contributed by atoms with van der Waals surface area (Å²) in [5.41, 5.74) is 5.72. The van der Waals surface area contributed by atoms with E-state index in [1.165, 1.54) is 43.7 Å². The summed E-state index contributed by atoms with van der Waals surface area (Å²) in [6, 6.07) is 35.4. The van der Waals surface area contributed by atoms with Crippen LogP contribution in [0.1, 0.15) is 125 Å². The molecular formula is C86H126Br2ClN4NaO22+4. The molecule has 0 spiro atoms. The molecule has 2 aliphatic heterocycles. The van der Waals surface area contributed by atoms with Crippen LogP contribution in [0.4, 0.5) is 9.59 Å². The molecule has 0 amide bonds. The fourth-order valence-electron chi connectivity index (χ4n) is 15.4. The Balaban J connectivity index is 0.000000492. The molecule has 2 fully saturated rings. The van der Waals surface area contributed by atoms with E-state index in [0.717, 1.165) is 108 Å². The Bertz CT molecular complexity index is 3850. The van der Waals surface area contributed by atoms with Gasteiger partial charge in [-0.1, -0.05) is 11.6 Å². The molecule has 0 bridgehead atoms. The summed E-state index contributed by atoms with van der Waals surface area (Å²) in [5, 5.41) is 10.7. The Morgan fingerprint density at radius 3 is 0.897 bits per heavy atom. The molecule has 4 atom stereocenters. The Morgan fingerprint density at radius 2 is 0.629 bits per heavy atom. The number of benzene rings is 6. The number of likely N-dealkylation sites (tertiary alicyclic amines) is 2. The van der Waals surface area contributed by atoms with Crippen molar-refractivity contribution in [1.29, 1.82) is 0 Å². The first-order chi connectivity index (χ1) is 54.1. The van der Waals surface area contributed by atoms with Crippen LogP contribution in [0.15, 0.2) is 109 Å². The van der Waals surface area contributed by atoms with Crippen molar-refractivity contribution in [3.8, 4) is 69.0 Å². The molecule has 6 aromatic rings. The van der Waals surface area contributed by atoms with Gasteiger partial charge in [-0.05, 0) is 175 Å². The summed E-state index contributed by atoms with van der Waals surface area (Å²) in [6.45, 7) is 17.9. The van der Waals surface area contributed by atoms with E-state index >= 15 is 0 Å². The van der Waals surface area contributed by atoms with Gasteiger partial charge in [-0.15, -0.1) is 34.0 Å². The van der Waals surface area contributed by atoms with Gasteiger partial charge in [-0.2, -0.15) is 0 Å². The predicted octanol–water partition coefficient (Wildman–Crippen LogP) is 12.2. The van der Waals surface area contributed by atoms with Gasteiger partial charge < -0.3 is 108 Å². The number of piperidine rings is 2. The van der Waals surface area contributed by atoms with Gasteiger partial charge in [0.25, 0.3) is 0 Å². The molecule has 2 aliphatic rings. The van der Waals surface area contributed by atoms with Crippen molar-refractivity contribution >= 4 is 69.8 Å². The number of alkyl halides is 1. The first-order valence-corrected chi connectivity index (χ1v) is 38.9. The molecule has 6 aromatic carbocycles. The molecule has 0 aliphatic carbocycles. The number of halogens is 3. The average molecular weight is 1790 g/mol. The van der Waals surface area contributed by atoms with Crippen molar-refractivity contribution in [2.75, 3.05) is 152 Å². The van der Waals surface area contributed by atoms with Crippen molar-refractivity contribution in [2.45, 2.75) is 155 Å². The first-order valence-electron chi connectivity index (χ1n) is 38.5. The summed E-state index contributed by atoms with van der Waals surface area (Å²) >= 11 is 5.74. The average Bonchev–Trinajstić information content (AvgIpc) is 0.831. The SMILES string of the molecule is Br.Br.COc1ccc(C[N+](C)(Cc2ccc(OC)c(OC)c2)CC(C)OC(=O)OC(C)Cl)cc1OC.COc1ccc(C[N+](C)(Cc2ccc(OC)c(OC)c2)CC(C)OC(=O)OC(C)OC(=O)CCC[N+]2(Cc3ccc(OC)c(OC)c3)CCCCC2)cc1OC.COc1ccc(C[N+]2(CCCC(=O)[O-])CCCCC2)cc1OC.[Na+]. The number of carboxylic acids is 1. The standard InChI is InChI=1S/C43H62N2O11.C25H35ClNO7.C18H27NO4.2BrH.Na/c1-31(27-44(3,28-33-15-18-36(48-4)39(24-33)51-7)29-34-16-19-37(49-5)40(25-34)52-8)54-43(47)56-32(2)55-42(46)14-13-23-45(21-11-10-12-22-45)30-35-17-20-38(50-6)41(26-35)53-9;1-17(33-25(28)34-18(2)26)14-27(3,15-19-8-10-21(29-4)23(12-19)31-6)16-20-9-11-22(30-5)24(13-20)32-7;1-22-16-9-8-15(13-17(16)23-2)14-19(10-4-3-5-11-19)12-6-7-18(20)21;;;/h15-20,24-26,31-32H,10-14,21-23,27-30H2,1-9H3;8-13,17-18H,14-16H2,1-7H3;8-9,13H,3-7,10-12,14H2,1-2H3;2*1H;/q+2;+1;;;;+1. The molecule has 0 saturated carbocycles. The maximum Gasteiger partial charge on any atom is 1.00 e. The van der Waals surface area contributed by atoms with Crippen molar-refractivity contribution in [2.24, 2.45) is 0 Å². The Kier molecular flexibility index (Phi) is 45.8. The van der Waals surface area contributed by atoms with E-state index in [0.29, 0.717) is 119 Å². The number of esters is 1. The number of rotatable bonds is 41. The summed E-state index contributed by atoms with van der Waals surface area (Å²) < 4.78 is 95.1. The second-order valence-corrected chi connectivity index (χ2v) is 30.2. The molecule has 0 N–H and O–H groups in total. The summed E-state index contributed by atoms with van der Waals surface area (Å²) in [4.78, 5) is 48.5. The number of carboxylic acid groups (broad SMARTS) is 1. The molecule has 8 rings (SSSR count). The minimum Gasteiger partial charge on any atom is -0.550 e. The van der Waals surface area contributed by atoms with Crippen LogP contribution in [0.5, 0.6) is 69.0 Å². The van der Waals surface area contributed by atoms with Crippen LogP contribution in [0.2, 0.25) is 0 Å². The number of nitrogens with zero attached hydrogens (tertiary/aromatic N) is 4. The zero-order valence-electron chi connectivity index (χ0n) is 71.6. The number of aliphatic carboxylic acids is 1. The maximum absolute atomic E-state index is 13.0. The number of hydrogen-bond donors (Lipinski definition) is 0. The van der Waals surface area contributed by atoms with E-state index in [1.807, 2.05) is 111 Å². The van der Waals surface area contributed by atoms with Gasteiger partial charge in [0.1, 0.15) is 52.4 Å². The molecule has 4 unspecified atom stereocenters. The van der Waals surface area contributed by atoms with Gasteiger partial charge in [0, 0.05) is 59.1 Å². The van der Waals surface area contributed by atoms with E-state index in [1.54, 1.807) is 92.2 Å². The van der Waals surface area contributed by atoms with E-state index in [9.17, 15) is 24.3 Å². The minimum atomic E-state index is -1.11. The van der Waals surface area contributed by atoms with Gasteiger partial charge >= 0.3 is 47.8 Å². The summed E-state index contributed by atoms with van der Waals surface area (Å²) in [6.07, 6.45) is 5.10. The molecule has 0 aromatic heterocycles. The maximum atomic E-state index is 13.0. The van der Waals surface area contributed by atoms with Crippen molar-refractivity contribution in [3.63, 3.8) is 0 Å². The molecule has 2 heterocycles. The smallest absolute Gasteiger partial charge is 0.550 e. The second-order valence-electron chi connectivity index (χ2n) is 29.6. The molecule has 30 heteroatoms. The number of carbonyl (C=O) groups excluding carboxylic acids is 4. The largest absolute Gasteiger partial charge is 1.00 e. The molecule has 0 radical (unpaired) electrons. The van der Waals surface area contributed by atoms with E-state index in [2.05, 4.69) is 26.2 Å². The molecule has 26 nitrogen and oxygen atoms in total. The first kappa shape index (κ1) is 103. The van der Waals surface area contributed by atoms with Gasteiger partial charge in [0.05, 0.1) is 145 Å². The van der Waals surface area contributed by atoms with Crippen molar-refractivity contribution in [3.05, 3.63) is 143 Å². The third kappa shape index (κ3) is 33.4. The molecule has 116 heavy (non-hydrogen) atoms. The molecule has 640 valence electrons. The minimum absolute atomic E-state index is 0. The number of likely N-dealkylation sites (N-methyl/N-ethyl adjacent to an activating group) is 2. The Morgan fingerprint density at radius 1 is 0.371 bits per heavy atom. The second kappa shape index (κ2) is 51.7. The van der Waals surface area contributed by atoms with Crippen LogP contribution in [-0.2, 0) is 72.5 Å². The number of carbonyl (C=O) groups is 4. The normalized spacial score (nSPS) is 14.3. The number of methoxy groups -OCH3 is 12. The van der Waals surface area contributed by atoms with Gasteiger partial charge in [-0.3, -0.25) is 4.79 Å². The molecular weight excluding hydrogens is 1660 g/mol. The van der Waals surface area contributed by atoms with Crippen LogP contribution in [0.25, 0.3) is 0 Å². The van der Waals surface area contributed by atoms with Crippen LogP contribution in [0.3, 0.4) is 0 Å². The van der Waals surface area contributed by atoms with Crippen LogP contribution in [-0.4, -0.2) is 218 Å². The van der Waals surface area contributed by atoms with Gasteiger partial charge in [0.15, 0.2) is 86.8 Å². The van der Waals surface area contributed by atoms with E-state index in [-0.39, 0.29) is 76.4 Å². The monoisotopic (exact) mass is 1780 g/mol. The predicted molar refractivity (Wildman–Crippen MR) is 448 cm³/mol. The van der Waals surface area contributed by atoms with Crippen LogP contribution < -0.4 is 91.5 Å². The topological polar surface area (TPSA) is 248 Å². The van der Waals surface area contributed by atoms with Gasteiger partial charge in [-0.25, -0.2) is 9.59 Å². The Hall–Kier alpha value is -7.51. The quantitative estimate of drug-likeness (QED) is 0.00864. The number of ether oxygens (including phenoxy) is 17. The Labute approximate surface area is 735 Å².